The molecule has 1 unspecified atom stereocenters. The third-order valence-corrected chi connectivity index (χ3v) is 4.04. The molecule has 0 bridgehead atoms. The van der Waals surface area contributed by atoms with E-state index in [2.05, 4.69) is 0 Å². The molecule has 2 nitrogen and oxygen atoms in total. The van der Waals surface area contributed by atoms with Gasteiger partial charge >= 0.3 is 6.18 Å². The van der Waals surface area contributed by atoms with Crippen LogP contribution in [0.2, 0.25) is 0 Å². The van der Waals surface area contributed by atoms with Gasteiger partial charge in [0, 0.05) is 18.0 Å². The predicted molar refractivity (Wildman–Crippen MR) is 62.8 cm³/mol. The minimum Gasteiger partial charge on any atom is -0.326 e. The molecule has 1 fully saturated rings. The van der Waals surface area contributed by atoms with Crippen molar-refractivity contribution in [3.63, 3.8) is 0 Å². The molecule has 0 amide bonds. The molecule has 1 rings (SSSR count). The van der Waals surface area contributed by atoms with Crippen molar-refractivity contribution >= 4 is 0 Å². The van der Waals surface area contributed by atoms with Gasteiger partial charge in [-0.15, -0.1) is 0 Å². The maximum absolute atomic E-state index is 12.2. The zero-order valence-electron chi connectivity index (χ0n) is 10.7. The van der Waals surface area contributed by atoms with Crippen LogP contribution < -0.4 is 5.73 Å². The highest BCUT2D eigenvalue weighted by Crippen LogP contribution is 2.37. The Kier molecular flexibility index (Phi) is 4.84. The lowest BCUT2D eigenvalue weighted by molar-refractivity contribution is -0.138. The summed E-state index contributed by atoms with van der Waals surface area (Å²) in [6, 6.07) is -0.389. The molecular weight excluding hydrogens is 229 g/mol. The van der Waals surface area contributed by atoms with Gasteiger partial charge in [-0.2, -0.15) is 13.2 Å². The lowest BCUT2D eigenvalue weighted by Crippen LogP contribution is -2.58. The van der Waals surface area contributed by atoms with Gasteiger partial charge in [0.15, 0.2) is 0 Å². The smallest absolute Gasteiger partial charge is 0.326 e. The second-order valence-corrected chi connectivity index (χ2v) is 5.32. The fraction of sp³-hybridized carbons (Fsp3) is 1.00. The Morgan fingerprint density at radius 1 is 1.18 bits per heavy atom. The van der Waals surface area contributed by atoms with E-state index in [4.69, 9.17) is 5.73 Å². The molecule has 5 heteroatoms. The molecule has 1 atom stereocenters. The van der Waals surface area contributed by atoms with Crippen molar-refractivity contribution in [1.29, 1.82) is 0 Å². The number of alkyl halides is 3. The number of nitrogens with two attached hydrogens (primary N) is 1. The van der Waals surface area contributed by atoms with E-state index < -0.39 is 12.6 Å². The quantitative estimate of drug-likeness (QED) is 0.833. The number of hydrogen-bond acceptors (Lipinski definition) is 2. The highest BCUT2D eigenvalue weighted by atomic mass is 19.4. The summed E-state index contributed by atoms with van der Waals surface area (Å²) in [5, 5.41) is 0. The van der Waals surface area contributed by atoms with Crippen molar-refractivity contribution in [2.45, 2.75) is 62.7 Å². The van der Waals surface area contributed by atoms with Gasteiger partial charge in [0.2, 0.25) is 0 Å². The van der Waals surface area contributed by atoms with Crippen LogP contribution in [-0.4, -0.2) is 36.8 Å². The highest BCUT2D eigenvalue weighted by Gasteiger charge is 2.41. The second-order valence-electron chi connectivity index (χ2n) is 5.32. The first-order chi connectivity index (χ1) is 7.78. The van der Waals surface area contributed by atoms with Gasteiger partial charge in [-0.05, 0) is 33.4 Å². The van der Waals surface area contributed by atoms with Crippen molar-refractivity contribution in [1.82, 2.24) is 4.90 Å². The maximum atomic E-state index is 12.2. The molecule has 1 aliphatic carbocycles. The molecule has 0 aromatic rings. The molecule has 2 N–H and O–H groups in total. The zero-order chi connectivity index (χ0) is 13.1. The fourth-order valence-electron chi connectivity index (χ4n) is 2.90. The molecule has 0 spiro atoms. The number of halogens is 3. The monoisotopic (exact) mass is 252 g/mol. The Hall–Kier alpha value is -0.290. The minimum atomic E-state index is -4.10. The Labute approximate surface area is 101 Å². The van der Waals surface area contributed by atoms with E-state index in [-0.39, 0.29) is 18.0 Å². The summed E-state index contributed by atoms with van der Waals surface area (Å²) in [5.41, 5.74) is 5.82. The van der Waals surface area contributed by atoms with Gasteiger partial charge in [-0.3, -0.25) is 0 Å². The Bertz CT molecular complexity index is 232. The van der Waals surface area contributed by atoms with Gasteiger partial charge in [0.1, 0.15) is 0 Å². The van der Waals surface area contributed by atoms with Gasteiger partial charge < -0.3 is 10.6 Å². The molecule has 0 aromatic carbocycles. The van der Waals surface area contributed by atoms with Crippen LogP contribution in [0.4, 0.5) is 13.2 Å². The molecule has 17 heavy (non-hydrogen) atoms. The minimum absolute atomic E-state index is 0.0294. The average Bonchev–Trinajstić information content (AvgIpc) is 2.25. The van der Waals surface area contributed by atoms with Crippen molar-refractivity contribution in [2.24, 2.45) is 5.73 Å². The summed E-state index contributed by atoms with van der Waals surface area (Å²) in [6.07, 6.45) is 0.292. The van der Waals surface area contributed by atoms with Gasteiger partial charge in [-0.25, -0.2) is 0 Å². The second kappa shape index (κ2) is 5.57. The topological polar surface area (TPSA) is 29.3 Å². The Balaban J connectivity index is 2.63. The molecule has 1 saturated carbocycles. The third-order valence-electron chi connectivity index (χ3n) is 4.04. The van der Waals surface area contributed by atoms with Gasteiger partial charge in [0.05, 0.1) is 0 Å². The standard InChI is InChI=1S/C12H23F3N2/c1-17(2)11(7-4-3-5-8-11)10(16)6-9-12(13,14)15/h10H,3-9,16H2,1-2H3. The highest BCUT2D eigenvalue weighted by molar-refractivity contribution is 4.99. The first-order valence-electron chi connectivity index (χ1n) is 6.28. The van der Waals surface area contributed by atoms with E-state index in [1.165, 1.54) is 6.42 Å². The van der Waals surface area contributed by atoms with Crippen molar-refractivity contribution < 1.29 is 13.2 Å². The normalized spacial score (nSPS) is 22.8. The van der Waals surface area contributed by atoms with Gasteiger partial charge in [0.25, 0.3) is 0 Å². The first kappa shape index (κ1) is 14.8. The molecule has 0 heterocycles. The van der Waals surface area contributed by atoms with Crippen LogP contribution in [0.5, 0.6) is 0 Å². The van der Waals surface area contributed by atoms with Crippen molar-refractivity contribution in [3.05, 3.63) is 0 Å². The van der Waals surface area contributed by atoms with Gasteiger partial charge in [-0.1, -0.05) is 19.3 Å². The SMILES string of the molecule is CN(C)C1(C(N)CCC(F)(F)F)CCCCC1. The first-order valence-corrected chi connectivity index (χ1v) is 6.28. The van der Waals surface area contributed by atoms with Crippen molar-refractivity contribution in [3.8, 4) is 0 Å². The Morgan fingerprint density at radius 3 is 2.12 bits per heavy atom. The number of likely N-dealkylation sites (N-methyl/N-ethyl adjacent to an activating group) is 1. The Morgan fingerprint density at radius 2 is 1.71 bits per heavy atom. The van der Waals surface area contributed by atoms with Crippen LogP contribution >= 0.6 is 0 Å². The molecule has 0 aliphatic heterocycles. The van der Waals surface area contributed by atoms with Crippen LogP contribution in [0.15, 0.2) is 0 Å². The van der Waals surface area contributed by atoms with Crippen LogP contribution in [0, 0.1) is 0 Å². The van der Waals surface area contributed by atoms with Crippen LogP contribution in [0.25, 0.3) is 0 Å². The maximum Gasteiger partial charge on any atom is 0.389 e. The van der Waals surface area contributed by atoms with E-state index in [0.717, 1.165) is 25.7 Å². The van der Waals surface area contributed by atoms with Crippen molar-refractivity contribution in [2.75, 3.05) is 14.1 Å². The number of nitrogens with zero attached hydrogens (tertiary/aromatic N) is 1. The largest absolute Gasteiger partial charge is 0.389 e. The van der Waals surface area contributed by atoms with Crippen LogP contribution in [0.3, 0.4) is 0 Å². The average molecular weight is 252 g/mol. The summed E-state index contributed by atoms with van der Waals surface area (Å²) in [6.45, 7) is 0. The van der Waals surface area contributed by atoms with E-state index in [1.54, 1.807) is 0 Å². The van der Waals surface area contributed by atoms with Crippen LogP contribution in [0.1, 0.15) is 44.9 Å². The summed E-state index contributed by atoms with van der Waals surface area (Å²) < 4.78 is 36.7. The van der Waals surface area contributed by atoms with E-state index in [0.29, 0.717) is 0 Å². The number of rotatable bonds is 4. The predicted octanol–water partition coefficient (Wildman–Crippen LogP) is 2.92. The lowest BCUT2D eigenvalue weighted by Gasteiger charge is -2.47. The number of hydrogen-bond donors (Lipinski definition) is 1. The molecular formula is C12H23F3N2. The molecule has 102 valence electrons. The van der Waals surface area contributed by atoms with E-state index in [9.17, 15) is 13.2 Å². The lowest BCUT2D eigenvalue weighted by atomic mass is 9.74. The molecule has 1 aliphatic rings. The fourth-order valence-corrected chi connectivity index (χ4v) is 2.90. The third kappa shape index (κ3) is 3.85. The summed E-state index contributed by atoms with van der Waals surface area (Å²) >= 11 is 0. The van der Waals surface area contributed by atoms with E-state index >= 15 is 0 Å². The zero-order valence-corrected chi connectivity index (χ0v) is 10.7. The van der Waals surface area contributed by atoms with Crippen LogP contribution in [-0.2, 0) is 0 Å². The molecule has 0 aromatic heterocycles. The summed E-state index contributed by atoms with van der Waals surface area (Å²) in [5.74, 6) is 0. The van der Waals surface area contributed by atoms with E-state index in [1.807, 2.05) is 19.0 Å². The molecule has 0 radical (unpaired) electrons. The molecule has 0 saturated heterocycles. The summed E-state index contributed by atoms with van der Waals surface area (Å²) in [7, 11) is 3.86. The summed E-state index contributed by atoms with van der Waals surface area (Å²) in [4.78, 5) is 2.03.